The van der Waals surface area contributed by atoms with Gasteiger partial charge in [-0.2, -0.15) is 0 Å². The van der Waals surface area contributed by atoms with Crippen LogP contribution in [0.25, 0.3) is 0 Å². The molecule has 3 nitrogen and oxygen atoms in total. The number of nitrogens with zero attached hydrogens (tertiary/aromatic N) is 1. The largest absolute Gasteiger partial charge is 0.465 e. The van der Waals surface area contributed by atoms with Gasteiger partial charge < -0.3 is 10.2 Å². The molecule has 0 bridgehead atoms. The van der Waals surface area contributed by atoms with Gasteiger partial charge in [-0.15, -0.1) is 0 Å². The second kappa shape index (κ2) is 5.51. The van der Waals surface area contributed by atoms with E-state index in [4.69, 9.17) is 10.2 Å². The number of rotatable bonds is 5. The summed E-state index contributed by atoms with van der Waals surface area (Å²) in [5, 5.41) is 0. The first-order valence-electron chi connectivity index (χ1n) is 6.05. The Hall–Kier alpha value is -0.800. The van der Waals surface area contributed by atoms with Crippen molar-refractivity contribution in [2.45, 2.75) is 52.7 Å². The third kappa shape index (κ3) is 2.86. The fourth-order valence-electron chi connectivity index (χ4n) is 2.22. The molecule has 0 aliphatic carbocycles. The van der Waals surface area contributed by atoms with Gasteiger partial charge in [0.1, 0.15) is 11.5 Å². The van der Waals surface area contributed by atoms with Crippen molar-refractivity contribution in [1.82, 2.24) is 4.90 Å². The Balaban J connectivity index is 2.98. The lowest BCUT2D eigenvalue weighted by molar-refractivity contribution is 0.125. The van der Waals surface area contributed by atoms with Gasteiger partial charge in [0.05, 0.1) is 6.04 Å². The van der Waals surface area contributed by atoms with Crippen LogP contribution in [0, 0.1) is 6.92 Å². The van der Waals surface area contributed by atoms with Crippen LogP contribution < -0.4 is 5.73 Å². The van der Waals surface area contributed by atoms with Crippen LogP contribution in [0.2, 0.25) is 0 Å². The van der Waals surface area contributed by atoms with Crippen molar-refractivity contribution in [3.05, 3.63) is 23.7 Å². The molecule has 0 saturated carbocycles. The molecule has 0 radical (unpaired) electrons. The molecule has 92 valence electrons. The van der Waals surface area contributed by atoms with Gasteiger partial charge in [0.15, 0.2) is 0 Å². The summed E-state index contributed by atoms with van der Waals surface area (Å²) in [7, 11) is 0. The molecule has 3 heteroatoms. The molecule has 0 spiro atoms. The smallest absolute Gasteiger partial charge is 0.122 e. The highest BCUT2D eigenvalue weighted by molar-refractivity contribution is 5.12. The fraction of sp³-hybridized carbons (Fsp3) is 0.692. The molecule has 16 heavy (non-hydrogen) atoms. The number of hydrogen-bond donors (Lipinski definition) is 1. The lowest BCUT2D eigenvalue weighted by atomic mass is 10.0. The molecule has 2 unspecified atom stereocenters. The van der Waals surface area contributed by atoms with Crippen molar-refractivity contribution < 1.29 is 4.42 Å². The molecule has 0 fully saturated rings. The normalized spacial score (nSPS) is 15.8. The van der Waals surface area contributed by atoms with Crippen LogP contribution in [0.4, 0.5) is 0 Å². The number of furan rings is 1. The van der Waals surface area contributed by atoms with Crippen LogP contribution in [0.15, 0.2) is 16.5 Å². The van der Waals surface area contributed by atoms with Gasteiger partial charge in [-0.1, -0.05) is 6.92 Å². The Morgan fingerprint density at radius 1 is 1.31 bits per heavy atom. The molecule has 2 N–H and O–H groups in total. The van der Waals surface area contributed by atoms with Crippen LogP contribution in [0.3, 0.4) is 0 Å². The summed E-state index contributed by atoms with van der Waals surface area (Å²) in [5.41, 5.74) is 6.09. The first kappa shape index (κ1) is 13.3. The quantitative estimate of drug-likeness (QED) is 0.836. The summed E-state index contributed by atoms with van der Waals surface area (Å²) < 4.78 is 5.72. The third-order valence-corrected chi connectivity index (χ3v) is 2.94. The Kier molecular flexibility index (Phi) is 4.56. The monoisotopic (exact) mass is 224 g/mol. The summed E-state index contributed by atoms with van der Waals surface area (Å²) in [4.78, 5) is 2.36. The van der Waals surface area contributed by atoms with Gasteiger partial charge in [0.2, 0.25) is 0 Å². The Morgan fingerprint density at radius 2 is 1.94 bits per heavy atom. The van der Waals surface area contributed by atoms with Gasteiger partial charge in [-0.25, -0.2) is 0 Å². The van der Waals surface area contributed by atoms with Gasteiger partial charge in [-0.05, 0) is 46.4 Å². The predicted octanol–water partition coefficient (Wildman–Crippen LogP) is 2.71. The Bertz CT molecular complexity index is 317. The maximum atomic E-state index is 6.09. The van der Waals surface area contributed by atoms with Gasteiger partial charge in [0.25, 0.3) is 0 Å². The van der Waals surface area contributed by atoms with E-state index in [1.165, 1.54) is 0 Å². The zero-order valence-electron chi connectivity index (χ0n) is 11.0. The van der Waals surface area contributed by atoms with E-state index < -0.39 is 0 Å². The number of hydrogen-bond acceptors (Lipinski definition) is 3. The van der Waals surface area contributed by atoms with E-state index in [1.54, 1.807) is 0 Å². The zero-order valence-corrected chi connectivity index (χ0v) is 11.0. The van der Waals surface area contributed by atoms with E-state index in [2.05, 4.69) is 25.7 Å². The van der Waals surface area contributed by atoms with Crippen LogP contribution in [-0.4, -0.2) is 23.5 Å². The molecule has 0 aromatic carbocycles. The molecule has 1 rings (SSSR count). The van der Waals surface area contributed by atoms with Gasteiger partial charge in [-0.3, -0.25) is 4.90 Å². The number of nitrogens with two attached hydrogens (primary N) is 1. The van der Waals surface area contributed by atoms with Crippen molar-refractivity contribution in [2.24, 2.45) is 5.73 Å². The lowest BCUT2D eigenvalue weighted by Gasteiger charge is -2.35. The minimum Gasteiger partial charge on any atom is -0.465 e. The Morgan fingerprint density at radius 3 is 2.25 bits per heavy atom. The van der Waals surface area contributed by atoms with Gasteiger partial charge in [0, 0.05) is 12.1 Å². The molecule has 1 aromatic heterocycles. The third-order valence-electron chi connectivity index (χ3n) is 2.94. The SMILES string of the molecule is CCN(C(C)C)C(c1ccc(C)o1)C(C)N. The predicted molar refractivity (Wildman–Crippen MR) is 67.4 cm³/mol. The maximum absolute atomic E-state index is 6.09. The molecular formula is C13H24N2O. The molecule has 0 aliphatic heterocycles. The van der Waals surface area contributed by atoms with E-state index in [-0.39, 0.29) is 12.1 Å². The zero-order chi connectivity index (χ0) is 12.3. The Labute approximate surface area is 98.6 Å². The van der Waals surface area contributed by atoms with Crippen molar-refractivity contribution in [1.29, 1.82) is 0 Å². The standard InChI is InChI=1S/C13H24N2O/c1-6-15(9(2)3)13(11(5)14)12-8-7-10(4)16-12/h7-9,11,13H,6,14H2,1-5H3. The minimum absolute atomic E-state index is 0.0629. The van der Waals surface area contributed by atoms with Crippen LogP contribution in [0.1, 0.15) is 45.3 Å². The first-order chi connectivity index (χ1) is 7.47. The maximum Gasteiger partial charge on any atom is 0.122 e. The molecular weight excluding hydrogens is 200 g/mol. The van der Waals surface area contributed by atoms with Crippen molar-refractivity contribution in [3.8, 4) is 0 Å². The summed E-state index contributed by atoms with van der Waals surface area (Å²) in [6.45, 7) is 11.5. The minimum atomic E-state index is 0.0629. The summed E-state index contributed by atoms with van der Waals surface area (Å²) in [6, 6.07) is 4.73. The second-order valence-corrected chi connectivity index (χ2v) is 4.68. The summed E-state index contributed by atoms with van der Waals surface area (Å²) in [5.74, 6) is 1.92. The van der Waals surface area contributed by atoms with E-state index in [0.717, 1.165) is 18.1 Å². The molecule has 0 aliphatic rings. The van der Waals surface area contributed by atoms with Crippen molar-refractivity contribution in [3.63, 3.8) is 0 Å². The van der Waals surface area contributed by atoms with Gasteiger partial charge >= 0.3 is 0 Å². The highest BCUT2D eigenvalue weighted by atomic mass is 16.3. The summed E-state index contributed by atoms with van der Waals surface area (Å²) >= 11 is 0. The number of likely N-dealkylation sites (N-methyl/N-ethyl adjacent to an activating group) is 1. The summed E-state index contributed by atoms with van der Waals surface area (Å²) in [6.07, 6.45) is 0. The highest BCUT2D eigenvalue weighted by Gasteiger charge is 2.27. The highest BCUT2D eigenvalue weighted by Crippen LogP contribution is 2.26. The molecule has 1 heterocycles. The molecule has 1 aromatic rings. The van der Waals surface area contributed by atoms with Crippen molar-refractivity contribution >= 4 is 0 Å². The molecule has 0 saturated heterocycles. The average Bonchev–Trinajstić information content (AvgIpc) is 2.59. The number of aryl methyl sites for hydroxylation is 1. The van der Waals surface area contributed by atoms with Crippen LogP contribution >= 0.6 is 0 Å². The first-order valence-corrected chi connectivity index (χ1v) is 6.05. The second-order valence-electron chi connectivity index (χ2n) is 4.68. The molecule has 0 amide bonds. The van der Waals surface area contributed by atoms with Crippen LogP contribution in [-0.2, 0) is 0 Å². The van der Waals surface area contributed by atoms with Crippen molar-refractivity contribution in [2.75, 3.05) is 6.54 Å². The van der Waals surface area contributed by atoms with Crippen LogP contribution in [0.5, 0.6) is 0 Å². The van der Waals surface area contributed by atoms with E-state index >= 15 is 0 Å². The van der Waals surface area contributed by atoms with E-state index in [0.29, 0.717) is 6.04 Å². The lowest BCUT2D eigenvalue weighted by Crippen LogP contribution is -2.42. The average molecular weight is 224 g/mol. The fourth-order valence-corrected chi connectivity index (χ4v) is 2.22. The molecule has 2 atom stereocenters. The van der Waals surface area contributed by atoms with E-state index in [1.807, 2.05) is 26.0 Å². The van der Waals surface area contributed by atoms with E-state index in [9.17, 15) is 0 Å². The topological polar surface area (TPSA) is 42.4 Å².